The van der Waals surface area contributed by atoms with Gasteiger partial charge < -0.3 is 14.9 Å². The first kappa shape index (κ1) is 29.1. The number of hydrogen-bond donors (Lipinski definition) is 0. The molecule has 0 spiro atoms. The predicted octanol–water partition coefficient (Wildman–Crippen LogP) is 8.13. The molecule has 0 bridgehead atoms. The Labute approximate surface area is 215 Å². The predicted molar refractivity (Wildman–Crippen MR) is 141 cm³/mol. The third kappa shape index (κ3) is 5.23. The number of aryl methyl sites for hydroxylation is 1. The standard InChI is InChI=1S/C28H33.2CH3.Si.Zr/c1-17-13-22(27(3,4)5)15-20-14-21-16-23(28(6,7)8)25(19-11-9-10-12-19)18(2)26(21)24(17)20;;;;/h9-11,13,15H,12,14H2,1-8H3;2*1H3;;/q3*-1;;. The third-order valence-corrected chi connectivity index (χ3v) is 6.32. The van der Waals surface area contributed by atoms with Crippen molar-refractivity contribution in [2.24, 2.45) is 0 Å². The van der Waals surface area contributed by atoms with Crippen molar-refractivity contribution in [2.45, 2.75) is 79.1 Å². The van der Waals surface area contributed by atoms with Gasteiger partial charge in [0.2, 0.25) is 0 Å². The molecule has 170 valence electrons. The first-order chi connectivity index (χ1) is 14.0. The van der Waals surface area contributed by atoms with Crippen LogP contribution >= 0.6 is 0 Å². The topological polar surface area (TPSA) is 0 Å². The number of rotatable bonds is 1. The second-order valence-electron chi connectivity index (χ2n) is 10.7. The van der Waals surface area contributed by atoms with Crippen LogP contribution in [0, 0.1) is 34.8 Å². The van der Waals surface area contributed by atoms with Crippen molar-refractivity contribution >= 4 is 12.5 Å². The van der Waals surface area contributed by atoms with Crippen LogP contribution in [0.3, 0.4) is 0 Å². The zero-order valence-electron chi connectivity index (χ0n) is 21.8. The van der Waals surface area contributed by atoms with E-state index in [-0.39, 0.29) is 25.7 Å². The first-order valence-corrected chi connectivity index (χ1v) is 15.0. The quantitative estimate of drug-likeness (QED) is 0.225. The van der Waals surface area contributed by atoms with Crippen molar-refractivity contribution in [3.63, 3.8) is 0 Å². The fraction of sp³-hybridized carbons (Fsp3) is 0.400. The van der Waals surface area contributed by atoms with E-state index in [1.54, 1.807) is 0 Å². The summed E-state index contributed by atoms with van der Waals surface area (Å²) in [6, 6.07) is 8.77. The van der Waals surface area contributed by atoms with Gasteiger partial charge in [0.25, 0.3) is 0 Å². The van der Waals surface area contributed by atoms with Crippen LogP contribution in [0.5, 0.6) is 0 Å². The van der Waals surface area contributed by atoms with E-state index in [2.05, 4.69) is 98.7 Å². The minimum atomic E-state index is 0. The second kappa shape index (κ2) is 10.5. The Morgan fingerprint density at radius 3 is 2.00 bits per heavy atom. The molecule has 0 unspecified atom stereocenters. The Hall–Kier alpha value is -0.980. The first-order valence-electron chi connectivity index (χ1n) is 10.8. The molecule has 2 aliphatic rings. The van der Waals surface area contributed by atoms with E-state index in [9.17, 15) is 0 Å². The van der Waals surface area contributed by atoms with E-state index in [0.29, 0.717) is 0 Å². The molecule has 32 heavy (non-hydrogen) atoms. The molecule has 2 heteroatoms. The van der Waals surface area contributed by atoms with Crippen molar-refractivity contribution in [2.75, 3.05) is 0 Å². The van der Waals surface area contributed by atoms with E-state index in [4.69, 9.17) is 0 Å². The molecule has 0 saturated carbocycles. The van der Waals surface area contributed by atoms with Gasteiger partial charge in [0.1, 0.15) is 0 Å². The van der Waals surface area contributed by atoms with Gasteiger partial charge in [0.05, 0.1) is 0 Å². The van der Waals surface area contributed by atoms with Gasteiger partial charge in [-0.3, -0.25) is 0 Å². The molecular formula is C30H39SiZr-3. The molecular weight excluding hydrogens is 480 g/mol. The maximum absolute atomic E-state index is 3.91. The summed E-state index contributed by atoms with van der Waals surface area (Å²) in [4.78, 5) is 0. The van der Waals surface area contributed by atoms with Crippen LogP contribution in [0.4, 0.5) is 0 Å². The molecule has 2 aromatic rings. The summed E-state index contributed by atoms with van der Waals surface area (Å²) in [7, 11) is 0. The van der Waals surface area contributed by atoms with Gasteiger partial charge in [-0.15, -0.1) is 27.8 Å². The van der Waals surface area contributed by atoms with E-state index in [0.717, 1.165) is 12.8 Å². The SMILES string of the molecule is Cc1cc(C(C)(C)C)cc2c1-c1c([c-]c(C(C)(C)C)c(C3=CC=CC3)c1C)C2.[CH3-].[CH3-].[Si]=[Zr]. The third-order valence-electron chi connectivity index (χ3n) is 6.32. The molecule has 0 amide bonds. The van der Waals surface area contributed by atoms with Crippen LogP contribution < -0.4 is 0 Å². The van der Waals surface area contributed by atoms with Crippen LogP contribution in [0.15, 0.2) is 30.4 Å². The van der Waals surface area contributed by atoms with Crippen molar-refractivity contribution < 1.29 is 23.3 Å². The van der Waals surface area contributed by atoms with Crippen LogP contribution in [-0.2, 0) is 40.6 Å². The van der Waals surface area contributed by atoms with Crippen LogP contribution in [0.25, 0.3) is 16.7 Å². The number of fused-ring (bicyclic) bond motifs is 3. The summed E-state index contributed by atoms with van der Waals surface area (Å²) in [6.45, 7) is 21.6. The maximum atomic E-state index is 3.91. The fourth-order valence-corrected chi connectivity index (χ4v) is 4.86. The molecule has 0 heterocycles. The molecule has 0 N–H and O–H groups in total. The van der Waals surface area contributed by atoms with Crippen molar-refractivity contribution in [1.82, 2.24) is 0 Å². The molecule has 0 atom stereocenters. The van der Waals surface area contributed by atoms with Gasteiger partial charge in [-0.05, 0) is 41.7 Å². The normalized spacial score (nSPS) is 13.8. The van der Waals surface area contributed by atoms with Gasteiger partial charge in [-0.1, -0.05) is 95.5 Å². The Bertz CT molecular complexity index is 1060. The Balaban J connectivity index is 0.00000125. The van der Waals surface area contributed by atoms with E-state index in [1.807, 2.05) is 0 Å². The van der Waals surface area contributed by atoms with Crippen LogP contribution in [0.2, 0.25) is 0 Å². The zero-order valence-corrected chi connectivity index (χ0v) is 25.3. The van der Waals surface area contributed by atoms with Gasteiger partial charge in [0, 0.05) is 0 Å². The van der Waals surface area contributed by atoms with Crippen molar-refractivity contribution in [1.29, 1.82) is 0 Å². The van der Waals surface area contributed by atoms with Gasteiger partial charge in [-0.25, -0.2) is 0 Å². The Morgan fingerprint density at radius 1 is 0.875 bits per heavy atom. The van der Waals surface area contributed by atoms with Gasteiger partial charge in [-0.2, -0.15) is 6.07 Å². The number of benzene rings is 2. The average Bonchev–Trinajstić information content (AvgIpc) is 3.29. The molecule has 0 aromatic heterocycles. The fourth-order valence-electron chi connectivity index (χ4n) is 4.86. The summed E-state index contributed by atoms with van der Waals surface area (Å²) >= 11 is 1.36. The molecule has 0 fully saturated rings. The van der Waals surface area contributed by atoms with Gasteiger partial charge >= 0.3 is 30.2 Å². The summed E-state index contributed by atoms with van der Waals surface area (Å²) in [5, 5.41) is 0. The summed E-state index contributed by atoms with van der Waals surface area (Å²) < 4.78 is 0. The Kier molecular flexibility index (Phi) is 9.55. The summed E-state index contributed by atoms with van der Waals surface area (Å²) in [5.74, 6) is 0. The summed E-state index contributed by atoms with van der Waals surface area (Å²) in [6.07, 6.45) is 8.80. The molecule has 0 nitrogen and oxygen atoms in total. The van der Waals surface area contributed by atoms with E-state index in [1.165, 1.54) is 79.0 Å². The average molecular weight is 519 g/mol. The molecule has 2 aliphatic carbocycles. The molecule has 2 aromatic carbocycles. The molecule has 0 saturated heterocycles. The monoisotopic (exact) mass is 517 g/mol. The van der Waals surface area contributed by atoms with Crippen molar-refractivity contribution in [3.05, 3.63) is 90.2 Å². The van der Waals surface area contributed by atoms with Gasteiger partial charge in [0.15, 0.2) is 0 Å². The van der Waals surface area contributed by atoms with E-state index >= 15 is 0 Å². The molecule has 0 aliphatic heterocycles. The molecule has 4 rings (SSSR count). The minimum absolute atomic E-state index is 0. The van der Waals surface area contributed by atoms with Crippen molar-refractivity contribution in [3.8, 4) is 11.1 Å². The Morgan fingerprint density at radius 2 is 1.50 bits per heavy atom. The molecule has 2 radical (unpaired) electrons. The summed E-state index contributed by atoms with van der Waals surface area (Å²) in [5.41, 5.74) is 14.6. The number of allylic oxidation sites excluding steroid dienone is 4. The number of hydrogen-bond acceptors (Lipinski definition) is 0. The van der Waals surface area contributed by atoms with Crippen LogP contribution in [-0.4, -0.2) is 6.88 Å². The second-order valence-corrected chi connectivity index (χ2v) is 10.7. The van der Waals surface area contributed by atoms with E-state index < -0.39 is 0 Å². The van der Waals surface area contributed by atoms with Crippen LogP contribution in [0.1, 0.15) is 86.9 Å². The zero-order chi connectivity index (χ0) is 22.4.